The van der Waals surface area contributed by atoms with Gasteiger partial charge >= 0.3 is 5.97 Å². The predicted molar refractivity (Wildman–Crippen MR) is 123 cm³/mol. The lowest BCUT2D eigenvalue weighted by atomic mass is 10.0. The fraction of sp³-hybridized carbons (Fsp3) is 0.348. The van der Waals surface area contributed by atoms with Gasteiger partial charge in [0.1, 0.15) is 11.6 Å². The van der Waals surface area contributed by atoms with Crippen molar-refractivity contribution in [3.63, 3.8) is 0 Å². The molecule has 1 atom stereocenters. The van der Waals surface area contributed by atoms with Crippen molar-refractivity contribution in [2.24, 2.45) is 0 Å². The van der Waals surface area contributed by atoms with Crippen molar-refractivity contribution in [1.29, 1.82) is 0 Å². The summed E-state index contributed by atoms with van der Waals surface area (Å²) in [6.45, 7) is 6.40. The van der Waals surface area contributed by atoms with Gasteiger partial charge in [-0.3, -0.25) is 9.59 Å². The van der Waals surface area contributed by atoms with Gasteiger partial charge in [0, 0.05) is 31.1 Å². The molecule has 3 aromatic rings. The number of benzene rings is 2. The second kappa shape index (κ2) is 8.52. The van der Waals surface area contributed by atoms with Crippen LogP contribution in [-0.2, 0) is 16.1 Å². The quantitative estimate of drug-likeness (QED) is 0.340. The summed E-state index contributed by atoms with van der Waals surface area (Å²) in [6.07, 6.45) is 1.13. The van der Waals surface area contributed by atoms with E-state index >= 15 is 0 Å². The number of carbonyl (C=O) groups excluding carboxylic acids is 2. The average molecular weight is 460 g/mol. The number of rotatable bonds is 5. The van der Waals surface area contributed by atoms with Crippen LogP contribution in [0.15, 0.2) is 30.3 Å². The van der Waals surface area contributed by atoms with E-state index < -0.39 is 0 Å². The summed E-state index contributed by atoms with van der Waals surface area (Å²) in [5.41, 5.74) is 3.78. The van der Waals surface area contributed by atoms with Gasteiger partial charge in [0.05, 0.1) is 21.2 Å². The smallest absolute Gasteiger partial charge is 0.303 e. The van der Waals surface area contributed by atoms with Crippen molar-refractivity contribution in [3.05, 3.63) is 51.5 Å². The Hall–Kier alpha value is -2.57. The number of halogens is 2. The molecule has 0 spiro atoms. The van der Waals surface area contributed by atoms with Crippen LogP contribution in [0, 0.1) is 0 Å². The van der Waals surface area contributed by atoms with Gasteiger partial charge in [0.15, 0.2) is 5.78 Å². The number of anilines is 2. The zero-order chi connectivity index (χ0) is 22.3. The molecular formula is C23H23Cl2N3O3. The van der Waals surface area contributed by atoms with Gasteiger partial charge in [-0.25, -0.2) is 4.98 Å². The molecule has 31 heavy (non-hydrogen) atoms. The summed E-state index contributed by atoms with van der Waals surface area (Å²) in [6, 6.07) is 9.02. The van der Waals surface area contributed by atoms with Crippen molar-refractivity contribution < 1.29 is 14.3 Å². The summed E-state index contributed by atoms with van der Waals surface area (Å²) in [4.78, 5) is 30.3. The molecule has 1 aliphatic rings. The minimum atomic E-state index is -0.383. The van der Waals surface area contributed by atoms with E-state index in [0.29, 0.717) is 27.5 Å². The molecule has 8 heteroatoms. The van der Waals surface area contributed by atoms with Gasteiger partial charge in [-0.05, 0) is 44.0 Å². The first-order valence-electron chi connectivity index (χ1n) is 10.3. The molecule has 6 nitrogen and oxygen atoms in total. The van der Waals surface area contributed by atoms with Gasteiger partial charge in [0.25, 0.3) is 0 Å². The third-order valence-electron chi connectivity index (χ3n) is 5.53. The van der Waals surface area contributed by atoms with Crippen molar-refractivity contribution in [1.82, 2.24) is 9.55 Å². The molecule has 0 fully saturated rings. The number of fused-ring (bicyclic) bond motifs is 3. The second-order valence-corrected chi connectivity index (χ2v) is 8.45. The summed E-state index contributed by atoms with van der Waals surface area (Å²) >= 11 is 13.1. The molecule has 2 aromatic carbocycles. The van der Waals surface area contributed by atoms with E-state index in [1.54, 1.807) is 18.2 Å². The molecule has 0 radical (unpaired) electrons. The molecule has 0 saturated heterocycles. The molecule has 0 amide bonds. The Balaban J connectivity index is 1.88. The first-order chi connectivity index (χ1) is 14.8. The van der Waals surface area contributed by atoms with Crippen LogP contribution in [0.25, 0.3) is 11.0 Å². The van der Waals surface area contributed by atoms with Gasteiger partial charge in [-0.1, -0.05) is 36.2 Å². The fourth-order valence-corrected chi connectivity index (χ4v) is 4.60. The molecule has 1 aromatic heterocycles. The maximum Gasteiger partial charge on any atom is 0.303 e. The molecule has 0 aliphatic carbocycles. The third kappa shape index (κ3) is 3.90. The zero-order valence-corrected chi connectivity index (χ0v) is 19.1. The highest BCUT2D eigenvalue weighted by atomic mass is 35.5. The fourth-order valence-electron chi connectivity index (χ4n) is 4.13. The van der Waals surface area contributed by atoms with Crippen LogP contribution < -0.4 is 4.90 Å². The van der Waals surface area contributed by atoms with E-state index in [0.717, 1.165) is 42.2 Å². The summed E-state index contributed by atoms with van der Waals surface area (Å²) in [5.74, 6) is 0.366. The molecule has 2 heterocycles. The van der Waals surface area contributed by atoms with Crippen LogP contribution in [0.1, 0.15) is 55.6 Å². The number of imidazole rings is 1. The zero-order valence-electron chi connectivity index (χ0n) is 17.6. The number of hydrogen-bond acceptors (Lipinski definition) is 5. The predicted octanol–water partition coefficient (Wildman–Crippen LogP) is 6.10. The normalized spacial score (nSPS) is 14.4. The highest BCUT2D eigenvalue weighted by Gasteiger charge is 2.28. The Labute approximate surface area is 190 Å². The lowest BCUT2D eigenvalue weighted by Crippen LogP contribution is -2.28. The summed E-state index contributed by atoms with van der Waals surface area (Å²) in [5, 5.41) is 1.03. The Morgan fingerprint density at radius 2 is 1.90 bits per heavy atom. The van der Waals surface area contributed by atoms with E-state index in [1.807, 2.05) is 24.0 Å². The van der Waals surface area contributed by atoms with E-state index in [1.165, 1.54) is 13.8 Å². The molecular weight excluding hydrogens is 437 g/mol. The van der Waals surface area contributed by atoms with E-state index in [9.17, 15) is 9.59 Å². The first kappa shape index (κ1) is 21.7. The van der Waals surface area contributed by atoms with E-state index in [4.69, 9.17) is 32.9 Å². The van der Waals surface area contributed by atoms with Crippen LogP contribution >= 0.6 is 23.2 Å². The minimum absolute atomic E-state index is 0.0353. The van der Waals surface area contributed by atoms with Crippen molar-refractivity contribution >= 4 is 57.6 Å². The number of hydrogen-bond donors (Lipinski definition) is 0. The Morgan fingerprint density at radius 3 is 2.55 bits per heavy atom. The highest BCUT2D eigenvalue weighted by Crippen LogP contribution is 2.40. The standard InChI is InChI=1S/C23H23Cl2N3O3/c1-4-20(31-14(3)30)16-7-8-17(24)21-22(16)28-11-5-10-27(23(28)26-21)19-9-6-15(13(2)29)12-18(19)25/h6-9,12,20H,4-5,10-11H2,1-3H3. The third-order valence-corrected chi connectivity index (χ3v) is 6.14. The van der Waals surface area contributed by atoms with Crippen LogP contribution in [0.4, 0.5) is 11.6 Å². The number of nitrogens with zero attached hydrogens (tertiary/aromatic N) is 3. The molecule has 0 bridgehead atoms. The SMILES string of the molecule is CCC(OC(C)=O)c1ccc(Cl)c2nc3n(c12)CCCN3c1ccc(C(C)=O)cc1Cl. The second-order valence-electron chi connectivity index (χ2n) is 7.63. The van der Waals surface area contributed by atoms with Crippen LogP contribution in [0.2, 0.25) is 10.0 Å². The van der Waals surface area contributed by atoms with Crippen molar-refractivity contribution in [3.8, 4) is 0 Å². The number of ether oxygens (including phenoxy) is 1. The average Bonchev–Trinajstić information content (AvgIpc) is 3.13. The van der Waals surface area contributed by atoms with Crippen LogP contribution in [0.5, 0.6) is 0 Å². The van der Waals surface area contributed by atoms with Gasteiger partial charge < -0.3 is 14.2 Å². The Bertz CT molecular complexity index is 1190. The molecule has 0 saturated carbocycles. The van der Waals surface area contributed by atoms with Gasteiger partial charge in [-0.2, -0.15) is 0 Å². The molecule has 4 rings (SSSR count). The number of esters is 1. The van der Waals surface area contributed by atoms with Crippen LogP contribution in [0.3, 0.4) is 0 Å². The largest absolute Gasteiger partial charge is 0.458 e. The monoisotopic (exact) mass is 459 g/mol. The number of aryl methyl sites for hydroxylation is 1. The number of ketones is 1. The summed E-state index contributed by atoms with van der Waals surface area (Å²) in [7, 11) is 0. The lowest BCUT2D eigenvalue weighted by Gasteiger charge is -2.30. The Morgan fingerprint density at radius 1 is 1.13 bits per heavy atom. The lowest BCUT2D eigenvalue weighted by molar-refractivity contribution is -0.146. The van der Waals surface area contributed by atoms with Gasteiger partial charge in [0.2, 0.25) is 5.95 Å². The summed E-state index contributed by atoms with van der Waals surface area (Å²) < 4.78 is 7.68. The number of carbonyl (C=O) groups is 2. The topological polar surface area (TPSA) is 64.4 Å². The van der Waals surface area contributed by atoms with Crippen molar-refractivity contribution in [2.75, 3.05) is 11.4 Å². The molecule has 0 N–H and O–H groups in total. The highest BCUT2D eigenvalue weighted by molar-refractivity contribution is 6.35. The Kier molecular flexibility index (Phi) is 5.95. The van der Waals surface area contributed by atoms with Crippen LogP contribution in [-0.4, -0.2) is 27.8 Å². The number of Topliss-reactive ketones (excluding diaryl/α,β-unsaturated/α-hetero) is 1. The maximum absolute atomic E-state index is 11.7. The molecule has 1 unspecified atom stereocenters. The maximum atomic E-state index is 11.7. The van der Waals surface area contributed by atoms with E-state index in [2.05, 4.69) is 4.57 Å². The van der Waals surface area contributed by atoms with E-state index in [-0.39, 0.29) is 17.9 Å². The molecule has 1 aliphatic heterocycles. The molecule has 162 valence electrons. The number of aromatic nitrogens is 2. The first-order valence-corrected chi connectivity index (χ1v) is 11.0. The minimum Gasteiger partial charge on any atom is -0.458 e. The van der Waals surface area contributed by atoms with Gasteiger partial charge in [-0.15, -0.1) is 0 Å². The van der Waals surface area contributed by atoms with Crippen molar-refractivity contribution in [2.45, 2.75) is 46.3 Å².